The number of rotatable bonds is 4. The number of amides is 2. The summed E-state index contributed by atoms with van der Waals surface area (Å²) in [6, 6.07) is 16.8. The molecule has 1 aliphatic rings. The van der Waals surface area contributed by atoms with Crippen LogP contribution in [-0.2, 0) is 10.2 Å². The van der Waals surface area contributed by atoms with E-state index in [1.165, 1.54) is 0 Å². The third-order valence-electron chi connectivity index (χ3n) is 5.12. The van der Waals surface area contributed by atoms with E-state index in [0.29, 0.717) is 30.1 Å². The smallest absolute Gasteiger partial charge is 0.319 e. The molecule has 0 saturated heterocycles. The average molecular weight is 385 g/mol. The molecule has 0 radical (unpaired) electrons. The number of nitrogens with one attached hydrogen (secondary N) is 2. The van der Waals surface area contributed by atoms with E-state index in [4.69, 9.17) is 11.6 Å². The standard InChI is InChI=1S/C22H25ClN2O2/c1-21(2)12-17(26)13-22(14-21,16-8-4-3-5-9-16)15-24-20(27)25-19-11-7-6-10-18(19)23/h3-11H,12-15H2,1-2H3,(H2,24,25,27). The first-order chi connectivity index (χ1) is 12.8. The predicted octanol–water partition coefficient (Wildman–Crippen LogP) is 5.18. The summed E-state index contributed by atoms with van der Waals surface area (Å²) < 4.78 is 0. The first kappa shape index (κ1) is 19.4. The van der Waals surface area contributed by atoms with Crippen LogP contribution in [0.25, 0.3) is 0 Å². The van der Waals surface area contributed by atoms with Crippen molar-refractivity contribution in [1.82, 2.24) is 5.32 Å². The van der Waals surface area contributed by atoms with Gasteiger partial charge in [-0.05, 0) is 29.5 Å². The van der Waals surface area contributed by atoms with Crippen LogP contribution in [0.1, 0.15) is 38.7 Å². The van der Waals surface area contributed by atoms with Crippen LogP contribution in [0.2, 0.25) is 5.02 Å². The van der Waals surface area contributed by atoms with Crippen molar-refractivity contribution in [2.24, 2.45) is 5.41 Å². The average Bonchev–Trinajstić information content (AvgIpc) is 2.61. The summed E-state index contributed by atoms with van der Waals surface area (Å²) in [6.07, 6.45) is 1.85. The van der Waals surface area contributed by atoms with Gasteiger partial charge in [-0.2, -0.15) is 0 Å². The van der Waals surface area contributed by atoms with Crippen LogP contribution in [0.3, 0.4) is 0 Å². The van der Waals surface area contributed by atoms with E-state index >= 15 is 0 Å². The van der Waals surface area contributed by atoms with Gasteiger partial charge in [-0.1, -0.05) is 67.9 Å². The van der Waals surface area contributed by atoms with E-state index in [9.17, 15) is 9.59 Å². The molecule has 3 rings (SSSR count). The molecular weight excluding hydrogens is 360 g/mol. The van der Waals surface area contributed by atoms with Crippen LogP contribution >= 0.6 is 11.6 Å². The number of Topliss-reactive ketones (excluding diaryl/α,β-unsaturated/α-hetero) is 1. The maximum absolute atomic E-state index is 12.5. The fourth-order valence-corrected chi connectivity index (χ4v) is 4.40. The van der Waals surface area contributed by atoms with Gasteiger partial charge >= 0.3 is 6.03 Å². The van der Waals surface area contributed by atoms with Gasteiger partial charge in [0.25, 0.3) is 0 Å². The Kier molecular flexibility index (Phi) is 5.56. The number of benzene rings is 2. The SMILES string of the molecule is CC1(C)CC(=O)CC(CNC(=O)Nc2ccccc2Cl)(c2ccccc2)C1. The number of anilines is 1. The Morgan fingerprint density at radius 1 is 1.04 bits per heavy atom. The van der Waals surface area contributed by atoms with Crippen molar-refractivity contribution in [3.05, 3.63) is 65.2 Å². The fraction of sp³-hybridized carbons (Fsp3) is 0.364. The number of ketones is 1. The molecule has 0 heterocycles. The Labute approximate surface area is 165 Å². The quantitative estimate of drug-likeness (QED) is 0.763. The zero-order valence-electron chi connectivity index (χ0n) is 15.7. The highest BCUT2D eigenvalue weighted by Gasteiger charge is 2.44. The molecule has 0 spiro atoms. The minimum absolute atomic E-state index is 0.105. The van der Waals surface area contributed by atoms with E-state index in [1.807, 2.05) is 42.5 Å². The molecule has 2 amide bonds. The number of para-hydroxylation sites is 1. The first-order valence-electron chi connectivity index (χ1n) is 9.16. The number of urea groups is 1. The molecular formula is C22H25ClN2O2. The molecule has 1 unspecified atom stereocenters. The van der Waals surface area contributed by atoms with Crippen molar-refractivity contribution in [3.63, 3.8) is 0 Å². The minimum Gasteiger partial charge on any atom is -0.337 e. The Hall–Kier alpha value is -2.33. The van der Waals surface area contributed by atoms with Crippen LogP contribution in [0, 0.1) is 5.41 Å². The van der Waals surface area contributed by atoms with Gasteiger partial charge in [0.1, 0.15) is 5.78 Å². The van der Waals surface area contributed by atoms with Gasteiger partial charge < -0.3 is 10.6 Å². The molecule has 2 aromatic carbocycles. The zero-order valence-corrected chi connectivity index (χ0v) is 16.5. The summed E-state index contributed by atoms with van der Waals surface area (Å²) in [5.41, 5.74) is 1.14. The summed E-state index contributed by atoms with van der Waals surface area (Å²) in [5.74, 6) is 0.239. The van der Waals surface area contributed by atoms with Crippen molar-refractivity contribution >= 4 is 29.1 Å². The van der Waals surface area contributed by atoms with Gasteiger partial charge in [0, 0.05) is 24.8 Å². The topological polar surface area (TPSA) is 58.2 Å². The van der Waals surface area contributed by atoms with Crippen LogP contribution < -0.4 is 10.6 Å². The molecule has 142 valence electrons. The van der Waals surface area contributed by atoms with Gasteiger partial charge in [-0.3, -0.25) is 4.79 Å². The lowest BCUT2D eigenvalue weighted by Gasteiger charge is -2.44. The molecule has 1 saturated carbocycles. The lowest BCUT2D eigenvalue weighted by atomic mass is 9.60. The number of carbonyl (C=O) groups is 2. The fourth-order valence-electron chi connectivity index (χ4n) is 4.22. The molecule has 4 nitrogen and oxygen atoms in total. The molecule has 1 aliphatic carbocycles. The third kappa shape index (κ3) is 4.69. The molecule has 0 aliphatic heterocycles. The molecule has 0 aromatic heterocycles. The lowest BCUT2D eigenvalue weighted by molar-refractivity contribution is -0.125. The van der Waals surface area contributed by atoms with Gasteiger partial charge in [0.2, 0.25) is 0 Å². The Morgan fingerprint density at radius 2 is 1.70 bits per heavy atom. The number of hydrogen-bond acceptors (Lipinski definition) is 2. The highest BCUT2D eigenvalue weighted by molar-refractivity contribution is 6.33. The van der Waals surface area contributed by atoms with E-state index in [-0.39, 0.29) is 17.2 Å². The van der Waals surface area contributed by atoms with Gasteiger partial charge in [-0.25, -0.2) is 4.79 Å². The summed E-state index contributed by atoms with van der Waals surface area (Å²) in [7, 11) is 0. The molecule has 5 heteroatoms. The lowest BCUT2D eigenvalue weighted by Crippen LogP contribution is -2.49. The Bertz CT molecular complexity index is 835. The summed E-state index contributed by atoms with van der Waals surface area (Å²) in [5, 5.41) is 6.23. The number of hydrogen-bond donors (Lipinski definition) is 2. The highest BCUT2D eigenvalue weighted by atomic mass is 35.5. The molecule has 0 bridgehead atoms. The maximum atomic E-state index is 12.5. The zero-order chi connectivity index (χ0) is 19.5. The number of halogens is 1. The van der Waals surface area contributed by atoms with E-state index in [2.05, 4.69) is 24.5 Å². The van der Waals surface area contributed by atoms with Crippen LogP contribution in [-0.4, -0.2) is 18.4 Å². The van der Waals surface area contributed by atoms with E-state index in [0.717, 1.165) is 12.0 Å². The van der Waals surface area contributed by atoms with Gasteiger partial charge in [0.15, 0.2) is 0 Å². The second-order valence-corrected chi connectivity index (χ2v) is 8.57. The number of carbonyl (C=O) groups excluding carboxylic acids is 2. The summed E-state index contributed by atoms with van der Waals surface area (Å²) in [4.78, 5) is 25.0. The molecule has 1 fully saturated rings. The largest absolute Gasteiger partial charge is 0.337 e. The van der Waals surface area contributed by atoms with Crippen LogP contribution in [0.5, 0.6) is 0 Å². The summed E-state index contributed by atoms with van der Waals surface area (Å²) >= 11 is 6.11. The first-order valence-corrected chi connectivity index (χ1v) is 9.54. The highest BCUT2D eigenvalue weighted by Crippen LogP contribution is 2.46. The normalized spacial score (nSPS) is 21.5. The molecule has 2 aromatic rings. The molecule has 2 N–H and O–H groups in total. The van der Waals surface area contributed by atoms with Crippen molar-refractivity contribution in [2.45, 2.75) is 38.5 Å². The third-order valence-corrected chi connectivity index (χ3v) is 5.45. The Balaban J connectivity index is 1.79. The van der Waals surface area contributed by atoms with E-state index in [1.54, 1.807) is 12.1 Å². The van der Waals surface area contributed by atoms with Crippen LogP contribution in [0.15, 0.2) is 54.6 Å². The maximum Gasteiger partial charge on any atom is 0.319 e. The predicted molar refractivity (Wildman–Crippen MR) is 109 cm³/mol. The van der Waals surface area contributed by atoms with Crippen molar-refractivity contribution in [2.75, 3.05) is 11.9 Å². The van der Waals surface area contributed by atoms with Crippen LogP contribution in [0.4, 0.5) is 10.5 Å². The van der Waals surface area contributed by atoms with E-state index < -0.39 is 5.41 Å². The Morgan fingerprint density at radius 3 is 2.37 bits per heavy atom. The minimum atomic E-state index is -0.405. The van der Waals surface area contributed by atoms with Crippen molar-refractivity contribution in [1.29, 1.82) is 0 Å². The second-order valence-electron chi connectivity index (χ2n) is 8.17. The van der Waals surface area contributed by atoms with Crippen molar-refractivity contribution in [3.8, 4) is 0 Å². The van der Waals surface area contributed by atoms with Gasteiger partial charge in [0.05, 0.1) is 10.7 Å². The van der Waals surface area contributed by atoms with Gasteiger partial charge in [-0.15, -0.1) is 0 Å². The molecule has 27 heavy (non-hydrogen) atoms. The monoisotopic (exact) mass is 384 g/mol. The summed E-state index contributed by atoms with van der Waals surface area (Å²) in [6.45, 7) is 4.62. The molecule has 1 atom stereocenters. The second kappa shape index (κ2) is 7.73. The van der Waals surface area contributed by atoms with Crippen molar-refractivity contribution < 1.29 is 9.59 Å².